The monoisotopic (exact) mass is 267 g/mol. The Hall–Kier alpha value is -1.60. The van der Waals surface area contributed by atoms with E-state index < -0.39 is 0 Å². The van der Waals surface area contributed by atoms with Gasteiger partial charge in [-0.1, -0.05) is 75.4 Å². The van der Waals surface area contributed by atoms with Gasteiger partial charge in [-0.15, -0.1) is 0 Å². The number of benzene rings is 2. The Morgan fingerprint density at radius 2 is 1.50 bits per heavy atom. The van der Waals surface area contributed by atoms with Gasteiger partial charge in [0.2, 0.25) is 0 Å². The van der Waals surface area contributed by atoms with Crippen LogP contribution in [0, 0.1) is 0 Å². The van der Waals surface area contributed by atoms with Crippen molar-refractivity contribution >= 4 is 0 Å². The maximum atomic E-state index is 3.57. The molecule has 0 aliphatic carbocycles. The molecular weight excluding hydrogens is 242 g/mol. The van der Waals surface area contributed by atoms with Gasteiger partial charge in [0, 0.05) is 12.6 Å². The normalized spacial score (nSPS) is 13.2. The fraction of sp³-hybridized carbons (Fsp3) is 0.368. The Kier molecular flexibility index (Phi) is 4.61. The molecule has 0 saturated heterocycles. The van der Waals surface area contributed by atoms with Crippen LogP contribution in [0.1, 0.15) is 50.4 Å². The second-order valence-corrected chi connectivity index (χ2v) is 6.46. The fourth-order valence-electron chi connectivity index (χ4n) is 2.26. The van der Waals surface area contributed by atoms with E-state index in [0.29, 0.717) is 6.04 Å². The first kappa shape index (κ1) is 14.8. The van der Waals surface area contributed by atoms with Gasteiger partial charge < -0.3 is 5.32 Å². The molecule has 2 aromatic carbocycles. The van der Waals surface area contributed by atoms with Crippen LogP contribution in [-0.2, 0) is 12.0 Å². The second-order valence-electron chi connectivity index (χ2n) is 6.46. The Morgan fingerprint density at radius 3 is 2.05 bits per heavy atom. The van der Waals surface area contributed by atoms with Crippen LogP contribution in [0.15, 0.2) is 54.6 Å². The van der Waals surface area contributed by atoms with Crippen LogP contribution < -0.4 is 5.32 Å². The lowest BCUT2D eigenvalue weighted by Crippen LogP contribution is -2.18. The molecule has 20 heavy (non-hydrogen) atoms. The highest BCUT2D eigenvalue weighted by Gasteiger charge is 2.13. The van der Waals surface area contributed by atoms with E-state index in [1.54, 1.807) is 0 Å². The summed E-state index contributed by atoms with van der Waals surface area (Å²) in [5.41, 5.74) is 4.27. The van der Waals surface area contributed by atoms with Crippen LogP contribution in [0.5, 0.6) is 0 Å². The minimum Gasteiger partial charge on any atom is -0.306 e. The molecule has 1 N–H and O–H groups in total. The summed E-state index contributed by atoms with van der Waals surface area (Å²) in [5.74, 6) is 0. The summed E-state index contributed by atoms with van der Waals surface area (Å²) in [6, 6.07) is 19.9. The maximum Gasteiger partial charge on any atom is 0.0294 e. The minimum atomic E-state index is 0.221. The van der Waals surface area contributed by atoms with Gasteiger partial charge in [0.25, 0.3) is 0 Å². The van der Waals surface area contributed by atoms with Crippen LogP contribution in [0.4, 0.5) is 0 Å². The molecule has 0 aromatic heterocycles. The van der Waals surface area contributed by atoms with Crippen molar-refractivity contribution in [2.24, 2.45) is 0 Å². The Labute approximate surface area is 123 Å². The van der Waals surface area contributed by atoms with E-state index >= 15 is 0 Å². The van der Waals surface area contributed by atoms with Gasteiger partial charge in [-0.3, -0.25) is 0 Å². The van der Waals surface area contributed by atoms with E-state index in [1.807, 2.05) is 0 Å². The molecule has 0 aliphatic rings. The van der Waals surface area contributed by atoms with E-state index in [-0.39, 0.29) is 5.41 Å². The Morgan fingerprint density at radius 1 is 0.900 bits per heavy atom. The minimum absolute atomic E-state index is 0.221. The Balaban J connectivity index is 1.97. The summed E-state index contributed by atoms with van der Waals surface area (Å²) in [7, 11) is 0. The summed E-state index contributed by atoms with van der Waals surface area (Å²) < 4.78 is 0. The molecule has 0 amide bonds. The standard InChI is InChI=1S/C19H25N/c1-15(20-14-16-8-6-5-7-9-16)17-10-12-18(13-11-17)19(2,3)4/h5-13,15,20H,14H2,1-4H3. The average molecular weight is 267 g/mol. The summed E-state index contributed by atoms with van der Waals surface area (Å²) in [5, 5.41) is 3.57. The maximum absolute atomic E-state index is 3.57. The third kappa shape index (κ3) is 3.94. The average Bonchev–Trinajstić information content (AvgIpc) is 2.45. The number of nitrogens with one attached hydrogen (secondary N) is 1. The molecule has 2 rings (SSSR count). The summed E-state index contributed by atoms with van der Waals surface area (Å²) in [4.78, 5) is 0. The highest BCUT2D eigenvalue weighted by molar-refractivity contribution is 5.29. The van der Waals surface area contributed by atoms with Gasteiger partial charge in [-0.2, -0.15) is 0 Å². The fourth-order valence-corrected chi connectivity index (χ4v) is 2.26. The summed E-state index contributed by atoms with van der Waals surface area (Å²) in [6.07, 6.45) is 0. The van der Waals surface area contributed by atoms with Crippen molar-refractivity contribution in [2.45, 2.75) is 45.7 Å². The third-order valence-electron chi connectivity index (χ3n) is 3.73. The first-order chi connectivity index (χ1) is 9.47. The smallest absolute Gasteiger partial charge is 0.0294 e. The number of hydrogen-bond acceptors (Lipinski definition) is 1. The highest BCUT2D eigenvalue weighted by atomic mass is 14.9. The largest absolute Gasteiger partial charge is 0.306 e. The molecule has 1 heteroatoms. The Bertz CT molecular complexity index is 520. The molecule has 0 bridgehead atoms. The van der Waals surface area contributed by atoms with E-state index in [9.17, 15) is 0 Å². The molecular formula is C19H25N. The third-order valence-corrected chi connectivity index (χ3v) is 3.73. The lowest BCUT2D eigenvalue weighted by molar-refractivity contribution is 0.569. The quantitative estimate of drug-likeness (QED) is 0.836. The van der Waals surface area contributed by atoms with E-state index in [4.69, 9.17) is 0 Å². The lowest BCUT2D eigenvalue weighted by Gasteiger charge is -2.20. The highest BCUT2D eigenvalue weighted by Crippen LogP contribution is 2.23. The number of rotatable bonds is 4. The van der Waals surface area contributed by atoms with Crippen molar-refractivity contribution in [3.63, 3.8) is 0 Å². The first-order valence-electron chi connectivity index (χ1n) is 7.34. The second kappa shape index (κ2) is 6.23. The molecule has 1 nitrogen and oxygen atoms in total. The van der Waals surface area contributed by atoms with Crippen LogP contribution in [0.25, 0.3) is 0 Å². The SMILES string of the molecule is CC(NCc1ccccc1)c1ccc(C(C)(C)C)cc1. The zero-order valence-electron chi connectivity index (χ0n) is 13.0. The van der Waals surface area contributed by atoms with Gasteiger partial charge >= 0.3 is 0 Å². The molecule has 0 spiro atoms. The van der Waals surface area contributed by atoms with Crippen molar-refractivity contribution in [1.82, 2.24) is 5.32 Å². The van der Waals surface area contributed by atoms with E-state index in [2.05, 4.69) is 87.6 Å². The van der Waals surface area contributed by atoms with E-state index in [1.165, 1.54) is 16.7 Å². The van der Waals surface area contributed by atoms with Gasteiger partial charge in [-0.25, -0.2) is 0 Å². The number of hydrogen-bond donors (Lipinski definition) is 1. The molecule has 106 valence electrons. The van der Waals surface area contributed by atoms with E-state index in [0.717, 1.165) is 6.54 Å². The molecule has 0 aliphatic heterocycles. The van der Waals surface area contributed by atoms with Crippen LogP contribution in [-0.4, -0.2) is 0 Å². The van der Waals surface area contributed by atoms with Crippen LogP contribution in [0.2, 0.25) is 0 Å². The van der Waals surface area contributed by atoms with Crippen LogP contribution in [0.3, 0.4) is 0 Å². The summed E-state index contributed by atoms with van der Waals surface area (Å²) >= 11 is 0. The zero-order valence-corrected chi connectivity index (χ0v) is 13.0. The van der Waals surface area contributed by atoms with Crippen LogP contribution >= 0.6 is 0 Å². The van der Waals surface area contributed by atoms with Crippen molar-refractivity contribution in [2.75, 3.05) is 0 Å². The topological polar surface area (TPSA) is 12.0 Å². The molecule has 0 fully saturated rings. The molecule has 0 radical (unpaired) electrons. The lowest BCUT2D eigenvalue weighted by atomic mass is 9.86. The van der Waals surface area contributed by atoms with Crippen molar-refractivity contribution in [1.29, 1.82) is 0 Å². The summed E-state index contributed by atoms with van der Waals surface area (Å²) in [6.45, 7) is 9.87. The first-order valence-corrected chi connectivity index (χ1v) is 7.34. The van der Waals surface area contributed by atoms with Gasteiger partial charge in [0.05, 0.1) is 0 Å². The van der Waals surface area contributed by atoms with Gasteiger partial charge in [0.1, 0.15) is 0 Å². The molecule has 1 unspecified atom stereocenters. The molecule has 1 atom stereocenters. The van der Waals surface area contributed by atoms with Crippen molar-refractivity contribution in [3.8, 4) is 0 Å². The molecule has 0 saturated carbocycles. The zero-order chi connectivity index (χ0) is 14.6. The molecule has 0 heterocycles. The van der Waals surface area contributed by atoms with Crippen molar-refractivity contribution in [3.05, 3.63) is 71.3 Å². The molecule has 2 aromatic rings. The van der Waals surface area contributed by atoms with Gasteiger partial charge in [-0.05, 0) is 29.0 Å². The predicted molar refractivity (Wildman–Crippen MR) is 86.8 cm³/mol. The predicted octanol–water partition coefficient (Wildman–Crippen LogP) is 4.83. The van der Waals surface area contributed by atoms with Crippen molar-refractivity contribution < 1.29 is 0 Å². The van der Waals surface area contributed by atoms with Gasteiger partial charge in [0.15, 0.2) is 0 Å².